The number of pyridine rings is 1. The van der Waals surface area contributed by atoms with Crippen molar-refractivity contribution in [3.63, 3.8) is 0 Å². The maximum atomic E-state index is 11.6. The molecule has 0 amide bonds. The molecular weight excluding hydrogens is 206 g/mol. The number of aromatic nitrogens is 1. The minimum atomic E-state index is -1.22. The molecule has 0 radical (unpaired) electrons. The Morgan fingerprint density at radius 2 is 2.06 bits per heavy atom. The van der Waals surface area contributed by atoms with Crippen LogP contribution in [0, 0.1) is 5.92 Å². The Kier molecular flexibility index (Phi) is 3.94. The topological polar surface area (TPSA) is 67.3 Å². The summed E-state index contributed by atoms with van der Waals surface area (Å²) in [5.41, 5.74) is 0.239. The van der Waals surface area contributed by atoms with E-state index in [9.17, 15) is 9.59 Å². The van der Waals surface area contributed by atoms with Crippen molar-refractivity contribution >= 4 is 17.8 Å². The normalized spacial score (nSPS) is 11.6. The first-order chi connectivity index (χ1) is 7.52. The van der Waals surface area contributed by atoms with Gasteiger partial charge in [0.05, 0.1) is 5.69 Å². The van der Waals surface area contributed by atoms with Gasteiger partial charge in [-0.1, -0.05) is 19.9 Å². The van der Waals surface area contributed by atoms with E-state index < -0.39 is 11.8 Å². The molecule has 4 heteroatoms. The molecule has 0 saturated carbocycles. The summed E-state index contributed by atoms with van der Waals surface area (Å²) in [6.07, 6.45) is 2.84. The maximum Gasteiger partial charge on any atom is 0.339 e. The first kappa shape index (κ1) is 12.1. The number of rotatable bonds is 4. The number of carbonyl (C=O) groups is 2. The molecule has 1 aromatic rings. The highest BCUT2D eigenvalue weighted by molar-refractivity contribution is 6.20. The number of nitrogens with zero attached hydrogens (tertiary/aromatic N) is 1. The predicted octanol–water partition coefficient (Wildman–Crippen LogP) is 1.77. The van der Waals surface area contributed by atoms with Crippen molar-refractivity contribution in [3.05, 3.63) is 35.7 Å². The van der Waals surface area contributed by atoms with Crippen LogP contribution in [-0.2, 0) is 9.59 Å². The summed E-state index contributed by atoms with van der Waals surface area (Å²) in [4.78, 5) is 26.5. The van der Waals surface area contributed by atoms with Crippen LogP contribution >= 0.6 is 0 Å². The highest BCUT2D eigenvalue weighted by Crippen LogP contribution is 2.10. The molecule has 0 spiro atoms. The van der Waals surface area contributed by atoms with Gasteiger partial charge < -0.3 is 5.11 Å². The summed E-state index contributed by atoms with van der Waals surface area (Å²) >= 11 is 0. The maximum absolute atomic E-state index is 11.6. The van der Waals surface area contributed by atoms with E-state index in [1.165, 1.54) is 6.08 Å². The average Bonchev–Trinajstić information content (AvgIpc) is 2.26. The van der Waals surface area contributed by atoms with Crippen LogP contribution in [0.1, 0.15) is 19.5 Å². The van der Waals surface area contributed by atoms with E-state index in [1.54, 1.807) is 38.2 Å². The zero-order valence-corrected chi connectivity index (χ0v) is 9.18. The second kappa shape index (κ2) is 5.21. The van der Waals surface area contributed by atoms with Crippen LogP contribution in [0.2, 0.25) is 0 Å². The van der Waals surface area contributed by atoms with Gasteiger partial charge in [0, 0.05) is 12.1 Å². The minimum absolute atomic E-state index is 0.228. The number of carbonyl (C=O) groups excluding carboxylic acids is 1. The molecule has 0 aliphatic carbocycles. The minimum Gasteiger partial charge on any atom is -0.478 e. The van der Waals surface area contributed by atoms with Crippen LogP contribution in [0.25, 0.3) is 6.08 Å². The summed E-state index contributed by atoms with van der Waals surface area (Å²) in [7, 11) is 0. The molecule has 0 aromatic carbocycles. The number of hydrogen-bond donors (Lipinski definition) is 1. The molecular formula is C12H13NO3. The summed E-state index contributed by atoms with van der Waals surface area (Å²) in [5.74, 6) is -1.95. The third-order valence-corrected chi connectivity index (χ3v) is 2.00. The number of carboxylic acids is 1. The number of ketones is 1. The number of Topliss-reactive ketones (excluding diaryl/α,β-unsaturated/α-hetero) is 1. The second-order valence-electron chi connectivity index (χ2n) is 3.64. The van der Waals surface area contributed by atoms with E-state index in [0.717, 1.165) is 0 Å². The predicted molar refractivity (Wildman–Crippen MR) is 59.7 cm³/mol. The van der Waals surface area contributed by atoms with Gasteiger partial charge in [-0.05, 0) is 18.2 Å². The Morgan fingerprint density at radius 3 is 2.50 bits per heavy atom. The van der Waals surface area contributed by atoms with E-state index in [1.807, 2.05) is 0 Å². The van der Waals surface area contributed by atoms with Crippen molar-refractivity contribution < 1.29 is 14.7 Å². The van der Waals surface area contributed by atoms with Gasteiger partial charge in [0.1, 0.15) is 5.57 Å². The third-order valence-electron chi connectivity index (χ3n) is 2.00. The quantitative estimate of drug-likeness (QED) is 0.476. The lowest BCUT2D eigenvalue weighted by atomic mass is 10.0. The monoisotopic (exact) mass is 219 g/mol. The van der Waals surface area contributed by atoms with E-state index in [2.05, 4.69) is 4.98 Å². The molecule has 84 valence electrons. The van der Waals surface area contributed by atoms with E-state index in [4.69, 9.17) is 5.11 Å². The van der Waals surface area contributed by atoms with Crippen molar-refractivity contribution in [2.75, 3.05) is 0 Å². The molecule has 0 unspecified atom stereocenters. The molecule has 0 saturated heterocycles. The van der Waals surface area contributed by atoms with Gasteiger partial charge in [-0.3, -0.25) is 9.78 Å². The largest absolute Gasteiger partial charge is 0.478 e. The van der Waals surface area contributed by atoms with Crippen molar-refractivity contribution in [3.8, 4) is 0 Å². The van der Waals surface area contributed by atoms with Crippen molar-refractivity contribution in [1.29, 1.82) is 0 Å². The van der Waals surface area contributed by atoms with Gasteiger partial charge in [-0.25, -0.2) is 4.79 Å². The Hall–Kier alpha value is -1.97. The van der Waals surface area contributed by atoms with Crippen LogP contribution in [0.4, 0.5) is 0 Å². The number of hydrogen-bond acceptors (Lipinski definition) is 3. The van der Waals surface area contributed by atoms with Crippen molar-refractivity contribution in [2.45, 2.75) is 13.8 Å². The first-order valence-corrected chi connectivity index (χ1v) is 4.92. The van der Waals surface area contributed by atoms with Crippen LogP contribution in [0.3, 0.4) is 0 Å². The van der Waals surface area contributed by atoms with E-state index in [0.29, 0.717) is 5.69 Å². The molecule has 16 heavy (non-hydrogen) atoms. The van der Waals surface area contributed by atoms with Crippen LogP contribution in [0.15, 0.2) is 30.0 Å². The summed E-state index contributed by atoms with van der Waals surface area (Å²) in [6, 6.07) is 5.11. The molecule has 0 bridgehead atoms. The van der Waals surface area contributed by atoms with Crippen molar-refractivity contribution in [2.24, 2.45) is 5.92 Å². The summed E-state index contributed by atoms with van der Waals surface area (Å²) in [5, 5.41) is 8.94. The van der Waals surface area contributed by atoms with Gasteiger partial charge in [0.15, 0.2) is 5.78 Å². The molecule has 0 fully saturated rings. The lowest BCUT2D eigenvalue weighted by molar-refractivity contribution is -0.135. The van der Waals surface area contributed by atoms with Gasteiger partial charge in [0.25, 0.3) is 0 Å². The molecule has 1 N–H and O–H groups in total. The SMILES string of the molecule is CC(C)C(=O)C(=Cc1ccccn1)C(=O)O. The van der Waals surface area contributed by atoms with E-state index in [-0.39, 0.29) is 11.5 Å². The zero-order chi connectivity index (χ0) is 12.1. The molecule has 1 rings (SSSR count). The van der Waals surface area contributed by atoms with Crippen LogP contribution < -0.4 is 0 Å². The Morgan fingerprint density at radius 1 is 1.38 bits per heavy atom. The fourth-order valence-corrected chi connectivity index (χ4v) is 1.16. The van der Waals surface area contributed by atoms with E-state index >= 15 is 0 Å². The molecule has 1 aromatic heterocycles. The van der Waals surface area contributed by atoms with Crippen LogP contribution in [0.5, 0.6) is 0 Å². The fraction of sp³-hybridized carbons (Fsp3) is 0.250. The number of carboxylic acid groups (broad SMARTS) is 1. The number of aliphatic carboxylic acids is 1. The fourth-order valence-electron chi connectivity index (χ4n) is 1.16. The Labute approximate surface area is 93.6 Å². The molecule has 4 nitrogen and oxygen atoms in total. The molecule has 0 aliphatic heterocycles. The lowest BCUT2D eigenvalue weighted by Gasteiger charge is -2.04. The smallest absolute Gasteiger partial charge is 0.339 e. The first-order valence-electron chi connectivity index (χ1n) is 4.92. The Bertz CT molecular complexity index is 421. The lowest BCUT2D eigenvalue weighted by Crippen LogP contribution is -2.17. The highest BCUT2D eigenvalue weighted by Gasteiger charge is 2.20. The Balaban J connectivity index is 3.09. The molecule has 0 aliphatic rings. The molecule has 1 heterocycles. The molecule has 0 atom stereocenters. The van der Waals surface area contributed by atoms with Gasteiger partial charge in [-0.2, -0.15) is 0 Å². The van der Waals surface area contributed by atoms with Crippen molar-refractivity contribution in [1.82, 2.24) is 4.98 Å². The van der Waals surface area contributed by atoms with Crippen LogP contribution in [-0.4, -0.2) is 21.8 Å². The second-order valence-corrected chi connectivity index (χ2v) is 3.64. The van der Waals surface area contributed by atoms with Gasteiger partial charge in [0.2, 0.25) is 0 Å². The standard InChI is InChI=1S/C12H13NO3/c1-8(2)11(14)10(12(15)16)7-9-5-3-4-6-13-9/h3-8H,1-2H3,(H,15,16). The average molecular weight is 219 g/mol. The van der Waals surface area contributed by atoms with Gasteiger partial charge >= 0.3 is 5.97 Å². The summed E-state index contributed by atoms with van der Waals surface area (Å²) in [6.45, 7) is 3.33. The third kappa shape index (κ3) is 3.02. The summed E-state index contributed by atoms with van der Waals surface area (Å²) < 4.78 is 0. The zero-order valence-electron chi connectivity index (χ0n) is 9.18. The highest BCUT2D eigenvalue weighted by atomic mass is 16.4. The van der Waals surface area contributed by atoms with Gasteiger partial charge in [-0.15, -0.1) is 0 Å².